The quantitative estimate of drug-likeness (QED) is 0.673. The number of nitrogens with one attached hydrogen (secondary N) is 1. The molecule has 2 atom stereocenters. The molecule has 1 aromatic rings. The zero-order chi connectivity index (χ0) is 18.6. The molecule has 0 amide bonds. The standard InChI is InChI=1S/C17H30NO4PS/c1-8-21-23(19,22-9-2)17(7,16(4,5)6)18-24(20)15-12-10-14(3)11-13-15/h10-13,18H,8-9H2,1-7H3/t17-,24+/m1/s1. The molecule has 0 heterocycles. The Labute approximate surface area is 148 Å². The van der Waals surface area contributed by atoms with Crippen molar-refractivity contribution < 1.29 is 17.8 Å². The van der Waals surface area contributed by atoms with E-state index in [0.29, 0.717) is 4.90 Å². The predicted molar refractivity (Wildman–Crippen MR) is 99.4 cm³/mol. The van der Waals surface area contributed by atoms with Crippen LogP contribution in [0, 0.1) is 12.3 Å². The zero-order valence-electron chi connectivity index (χ0n) is 15.7. The molecule has 1 rings (SSSR count). The summed E-state index contributed by atoms with van der Waals surface area (Å²) in [6.07, 6.45) is 0. The van der Waals surface area contributed by atoms with E-state index in [-0.39, 0.29) is 13.2 Å². The van der Waals surface area contributed by atoms with Gasteiger partial charge >= 0.3 is 7.60 Å². The Morgan fingerprint density at radius 2 is 1.50 bits per heavy atom. The van der Waals surface area contributed by atoms with Crippen molar-refractivity contribution >= 4 is 18.6 Å². The lowest BCUT2D eigenvalue weighted by Crippen LogP contribution is -2.53. The molecule has 24 heavy (non-hydrogen) atoms. The Hall–Kier alpha value is -0.520. The molecule has 0 aliphatic heterocycles. The highest BCUT2D eigenvalue weighted by atomic mass is 32.2. The summed E-state index contributed by atoms with van der Waals surface area (Å²) in [5.41, 5.74) is 0.566. The molecule has 0 aliphatic carbocycles. The lowest BCUT2D eigenvalue weighted by Gasteiger charge is -2.45. The van der Waals surface area contributed by atoms with E-state index in [9.17, 15) is 8.77 Å². The van der Waals surface area contributed by atoms with Gasteiger partial charge in [-0.3, -0.25) is 4.57 Å². The van der Waals surface area contributed by atoms with Gasteiger partial charge in [-0.25, -0.2) is 8.93 Å². The Balaban J connectivity index is 3.27. The summed E-state index contributed by atoms with van der Waals surface area (Å²) in [4.78, 5) is 0.621. The maximum atomic E-state index is 13.5. The zero-order valence-corrected chi connectivity index (χ0v) is 17.4. The van der Waals surface area contributed by atoms with Crippen LogP contribution in [-0.4, -0.2) is 22.7 Å². The minimum atomic E-state index is -3.55. The Bertz CT molecular complexity index is 602. The molecule has 7 heteroatoms. The van der Waals surface area contributed by atoms with Crippen molar-refractivity contribution in [2.45, 2.75) is 58.6 Å². The maximum absolute atomic E-state index is 13.5. The predicted octanol–water partition coefficient (Wildman–Crippen LogP) is 4.64. The molecule has 0 saturated carbocycles. The summed E-state index contributed by atoms with van der Waals surface area (Å²) in [5, 5.41) is -1.12. The third-order valence-electron chi connectivity index (χ3n) is 4.13. The fraction of sp³-hybridized carbons (Fsp3) is 0.647. The van der Waals surface area contributed by atoms with Gasteiger partial charge in [-0.1, -0.05) is 38.5 Å². The summed E-state index contributed by atoms with van der Waals surface area (Å²) in [6, 6.07) is 7.39. The Morgan fingerprint density at radius 3 is 1.88 bits per heavy atom. The van der Waals surface area contributed by atoms with Crippen LogP contribution in [0.3, 0.4) is 0 Å². The maximum Gasteiger partial charge on any atom is 0.351 e. The minimum Gasteiger partial charge on any atom is -0.308 e. The van der Waals surface area contributed by atoms with Gasteiger partial charge in [0, 0.05) is 0 Å². The summed E-state index contributed by atoms with van der Waals surface area (Å²) >= 11 is 0. The number of hydrogen-bond donors (Lipinski definition) is 1. The third-order valence-corrected chi connectivity index (χ3v) is 8.65. The molecular weight excluding hydrogens is 345 g/mol. The van der Waals surface area contributed by atoms with Crippen molar-refractivity contribution in [1.29, 1.82) is 0 Å². The van der Waals surface area contributed by atoms with E-state index in [0.717, 1.165) is 5.56 Å². The average molecular weight is 375 g/mol. The fourth-order valence-electron chi connectivity index (χ4n) is 2.16. The highest BCUT2D eigenvalue weighted by Gasteiger charge is 2.55. The lowest BCUT2D eigenvalue weighted by atomic mass is 9.88. The molecule has 1 N–H and O–H groups in total. The van der Waals surface area contributed by atoms with Gasteiger partial charge in [0.05, 0.1) is 18.1 Å². The van der Waals surface area contributed by atoms with Crippen LogP contribution in [0.2, 0.25) is 0 Å². The van der Waals surface area contributed by atoms with Crippen molar-refractivity contribution in [2.75, 3.05) is 13.2 Å². The smallest absolute Gasteiger partial charge is 0.308 e. The molecule has 5 nitrogen and oxygen atoms in total. The van der Waals surface area contributed by atoms with E-state index < -0.39 is 29.3 Å². The van der Waals surface area contributed by atoms with Crippen LogP contribution in [0.4, 0.5) is 0 Å². The molecule has 0 spiro atoms. The van der Waals surface area contributed by atoms with E-state index in [1.54, 1.807) is 32.9 Å². The number of hydrogen-bond acceptors (Lipinski definition) is 4. The first-order chi connectivity index (χ1) is 11.0. The van der Waals surface area contributed by atoms with Crippen LogP contribution in [0.15, 0.2) is 29.2 Å². The first-order valence-electron chi connectivity index (χ1n) is 8.16. The molecule has 0 saturated heterocycles. The van der Waals surface area contributed by atoms with E-state index in [1.807, 2.05) is 39.8 Å². The SMILES string of the molecule is CCOP(=O)(OCC)[C@@](C)(N[S@@](=O)c1ccc(C)cc1)C(C)(C)C. The van der Waals surface area contributed by atoms with Crippen LogP contribution >= 0.6 is 7.60 Å². The van der Waals surface area contributed by atoms with Gasteiger partial charge in [0.15, 0.2) is 0 Å². The fourth-order valence-corrected chi connectivity index (χ4v) is 6.11. The van der Waals surface area contributed by atoms with Crippen LogP contribution < -0.4 is 4.72 Å². The van der Waals surface area contributed by atoms with Crippen LogP contribution in [0.1, 0.15) is 47.1 Å². The average Bonchev–Trinajstić information content (AvgIpc) is 2.47. The highest BCUT2D eigenvalue weighted by molar-refractivity contribution is 7.83. The van der Waals surface area contributed by atoms with Crippen molar-refractivity contribution in [1.82, 2.24) is 4.72 Å². The summed E-state index contributed by atoms with van der Waals surface area (Å²) < 4.78 is 40.4. The van der Waals surface area contributed by atoms with Crippen LogP contribution in [-0.2, 0) is 24.6 Å². The molecular formula is C17H30NO4PS. The van der Waals surface area contributed by atoms with E-state index in [2.05, 4.69) is 4.72 Å². The first kappa shape index (κ1) is 21.5. The largest absolute Gasteiger partial charge is 0.351 e. The molecule has 0 fully saturated rings. The van der Waals surface area contributed by atoms with Crippen molar-refractivity contribution in [2.24, 2.45) is 5.41 Å². The van der Waals surface area contributed by atoms with E-state index in [1.165, 1.54) is 0 Å². The molecule has 1 aromatic carbocycles. The van der Waals surface area contributed by atoms with Gasteiger partial charge < -0.3 is 9.05 Å². The van der Waals surface area contributed by atoms with E-state index in [4.69, 9.17) is 9.05 Å². The van der Waals surface area contributed by atoms with Crippen molar-refractivity contribution in [3.05, 3.63) is 29.8 Å². The van der Waals surface area contributed by atoms with Gasteiger partial charge in [0.2, 0.25) is 0 Å². The van der Waals surface area contributed by atoms with Gasteiger partial charge in [0.1, 0.15) is 16.3 Å². The molecule has 0 aliphatic rings. The van der Waals surface area contributed by atoms with E-state index >= 15 is 0 Å². The summed E-state index contributed by atoms with van der Waals surface area (Å²) in [6.45, 7) is 13.6. The summed E-state index contributed by atoms with van der Waals surface area (Å²) in [5.74, 6) is 0. The van der Waals surface area contributed by atoms with Crippen LogP contribution in [0.5, 0.6) is 0 Å². The van der Waals surface area contributed by atoms with Crippen molar-refractivity contribution in [3.8, 4) is 0 Å². The topological polar surface area (TPSA) is 64.6 Å². The Morgan fingerprint density at radius 1 is 1.04 bits per heavy atom. The normalized spacial score (nSPS) is 16.6. The molecule has 0 aromatic heterocycles. The molecule has 0 unspecified atom stereocenters. The monoisotopic (exact) mass is 375 g/mol. The minimum absolute atomic E-state index is 0.252. The second-order valence-corrected chi connectivity index (χ2v) is 10.5. The second kappa shape index (κ2) is 8.24. The Kier molecular flexibility index (Phi) is 7.39. The van der Waals surface area contributed by atoms with Gasteiger partial charge in [-0.15, -0.1) is 0 Å². The lowest BCUT2D eigenvalue weighted by molar-refractivity contribution is 0.153. The van der Waals surface area contributed by atoms with Gasteiger partial charge in [-0.2, -0.15) is 0 Å². The highest BCUT2D eigenvalue weighted by Crippen LogP contribution is 2.64. The number of benzene rings is 1. The second-order valence-electron chi connectivity index (χ2n) is 6.84. The van der Waals surface area contributed by atoms with Gasteiger partial charge in [0.25, 0.3) is 0 Å². The number of rotatable bonds is 8. The first-order valence-corrected chi connectivity index (χ1v) is 10.9. The third kappa shape index (κ3) is 4.55. The number of aryl methyl sites for hydroxylation is 1. The summed E-state index contributed by atoms with van der Waals surface area (Å²) in [7, 11) is -5.09. The van der Waals surface area contributed by atoms with Crippen LogP contribution in [0.25, 0.3) is 0 Å². The molecule has 0 radical (unpaired) electrons. The molecule has 0 bridgehead atoms. The van der Waals surface area contributed by atoms with Crippen molar-refractivity contribution in [3.63, 3.8) is 0 Å². The van der Waals surface area contributed by atoms with Gasteiger partial charge in [-0.05, 0) is 45.2 Å². The molecule has 138 valence electrons.